The Kier molecular flexibility index (Phi) is 7.91. The maximum Gasteiger partial charge on any atom is 0.246 e. The minimum Gasteiger partial charge on any atom is -0.372 e. The lowest BCUT2D eigenvalue weighted by Crippen LogP contribution is -2.33. The van der Waals surface area contributed by atoms with E-state index in [0.29, 0.717) is 13.2 Å². The quantitative estimate of drug-likeness (QED) is 0.618. The first-order chi connectivity index (χ1) is 7.07. The highest BCUT2D eigenvalue weighted by atomic mass is 16.5. The van der Waals surface area contributed by atoms with Crippen LogP contribution < -0.4 is 5.32 Å². The van der Waals surface area contributed by atoms with Gasteiger partial charge in [0.25, 0.3) is 0 Å². The summed E-state index contributed by atoms with van der Waals surface area (Å²) >= 11 is 0. The van der Waals surface area contributed by atoms with Gasteiger partial charge >= 0.3 is 0 Å². The van der Waals surface area contributed by atoms with E-state index in [1.165, 1.54) is 6.92 Å². The Morgan fingerprint density at radius 1 is 1.40 bits per heavy atom. The maximum absolute atomic E-state index is 11.2. The maximum atomic E-state index is 11.2. The Labute approximate surface area is 91.4 Å². The van der Waals surface area contributed by atoms with Crippen LogP contribution in [0, 0.1) is 5.92 Å². The van der Waals surface area contributed by atoms with Crippen molar-refractivity contribution in [3.8, 4) is 0 Å². The lowest BCUT2D eigenvalue weighted by atomic mass is 10.1. The molecule has 0 unspecified atom stereocenters. The molecule has 1 amide bonds. The smallest absolute Gasteiger partial charge is 0.246 e. The average Bonchev–Trinajstić information content (AvgIpc) is 2.20. The summed E-state index contributed by atoms with van der Waals surface area (Å²) in [6, 6.07) is 0. The van der Waals surface area contributed by atoms with Crippen LogP contribution in [0.15, 0.2) is 0 Å². The number of hydrogen-bond acceptors (Lipinski definition) is 3. The molecule has 0 spiro atoms. The molecule has 4 heteroatoms. The standard InChI is InChI=1S/C11H21NO3/c1-4-5-6-15-8-11(14)12-7-9(2)10(3)13/h9H,4-8H2,1-3H3,(H,12,14)/t9-/m0/s1. The molecule has 0 aliphatic carbocycles. The van der Waals surface area contributed by atoms with Gasteiger partial charge in [0.2, 0.25) is 5.91 Å². The van der Waals surface area contributed by atoms with Crippen molar-refractivity contribution < 1.29 is 14.3 Å². The first-order valence-corrected chi connectivity index (χ1v) is 5.42. The van der Waals surface area contributed by atoms with Gasteiger partial charge in [-0.1, -0.05) is 20.3 Å². The van der Waals surface area contributed by atoms with Gasteiger partial charge in [-0.05, 0) is 13.3 Å². The minimum absolute atomic E-state index is 0.0854. The molecule has 0 bridgehead atoms. The van der Waals surface area contributed by atoms with Crippen molar-refractivity contribution >= 4 is 11.7 Å². The van der Waals surface area contributed by atoms with Gasteiger partial charge in [-0.3, -0.25) is 9.59 Å². The molecule has 0 saturated heterocycles. The summed E-state index contributed by atoms with van der Waals surface area (Å²) in [5, 5.41) is 2.66. The van der Waals surface area contributed by atoms with E-state index >= 15 is 0 Å². The van der Waals surface area contributed by atoms with Gasteiger partial charge in [0.1, 0.15) is 12.4 Å². The number of ketones is 1. The molecule has 0 radical (unpaired) electrons. The van der Waals surface area contributed by atoms with Gasteiger partial charge in [-0.25, -0.2) is 0 Å². The van der Waals surface area contributed by atoms with Crippen molar-refractivity contribution in [2.45, 2.75) is 33.6 Å². The molecule has 15 heavy (non-hydrogen) atoms. The largest absolute Gasteiger partial charge is 0.372 e. The van der Waals surface area contributed by atoms with E-state index in [1.54, 1.807) is 6.92 Å². The van der Waals surface area contributed by atoms with Crippen LogP contribution in [0.5, 0.6) is 0 Å². The van der Waals surface area contributed by atoms with Gasteiger partial charge in [-0.2, -0.15) is 0 Å². The number of carbonyl (C=O) groups excluding carboxylic acids is 2. The topological polar surface area (TPSA) is 55.4 Å². The Bertz CT molecular complexity index is 204. The van der Waals surface area contributed by atoms with E-state index in [-0.39, 0.29) is 24.2 Å². The molecular formula is C11H21NO3. The second-order valence-electron chi connectivity index (χ2n) is 3.72. The van der Waals surface area contributed by atoms with E-state index in [1.807, 2.05) is 0 Å². The summed E-state index contributed by atoms with van der Waals surface area (Å²) < 4.78 is 5.13. The number of carbonyl (C=O) groups is 2. The van der Waals surface area contributed by atoms with Crippen molar-refractivity contribution in [2.24, 2.45) is 5.92 Å². The lowest BCUT2D eigenvalue weighted by Gasteiger charge is -2.09. The normalized spacial score (nSPS) is 12.2. The van der Waals surface area contributed by atoms with Crippen molar-refractivity contribution in [1.82, 2.24) is 5.32 Å². The number of hydrogen-bond donors (Lipinski definition) is 1. The predicted octanol–water partition coefficient (Wildman–Crippen LogP) is 1.14. The molecule has 0 aromatic rings. The van der Waals surface area contributed by atoms with Crippen LogP contribution in [0.3, 0.4) is 0 Å². The fourth-order valence-corrected chi connectivity index (χ4v) is 0.873. The van der Waals surface area contributed by atoms with Crippen molar-refractivity contribution in [3.05, 3.63) is 0 Å². The van der Waals surface area contributed by atoms with E-state index in [0.717, 1.165) is 12.8 Å². The Hall–Kier alpha value is -0.900. The fourth-order valence-electron chi connectivity index (χ4n) is 0.873. The molecular weight excluding hydrogens is 194 g/mol. The Morgan fingerprint density at radius 3 is 2.60 bits per heavy atom. The molecule has 0 aromatic carbocycles. The molecule has 0 fully saturated rings. The van der Waals surface area contributed by atoms with Gasteiger partial charge in [-0.15, -0.1) is 0 Å². The van der Waals surface area contributed by atoms with Crippen molar-refractivity contribution in [3.63, 3.8) is 0 Å². The average molecular weight is 215 g/mol. The summed E-state index contributed by atoms with van der Waals surface area (Å²) in [5.41, 5.74) is 0. The summed E-state index contributed by atoms with van der Waals surface area (Å²) in [4.78, 5) is 22.1. The van der Waals surface area contributed by atoms with Gasteiger partial charge in [0, 0.05) is 19.1 Å². The van der Waals surface area contributed by atoms with Gasteiger partial charge in [0.15, 0.2) is 0 Å². The van der Waals surface area contributed by atoms with Crippen molar-refractivity contribution in [1.29, 1.82) is 0 Å². The van der Waals surface area contributed by atoms with Crippen LogP contribution in [-0.2, 0) is 14.3 Å². The first kappa shape index (κ1) is 14.1. The van der Waals surface area contributed by atoms with E-state index in [9.17, 15) is 9.59 Å². The van der Waals surface area contributed by atoms with E-state index < -0.39 is 0 Å². The highest BCUT2D eigenvalue weighted by Crippen LogP contribution is 1.93. The molecule has 1 atom stereocenters. The third-order valence-corrected chi connectivity index (χ3v) is 2.17. The van der Waals surface area contributed by atoms with Crippen LogP contribution >= 0.6 is 0 Å². The number of unbranched alkanes of at least 4 members (excludes halogenated alkanes) is 1. The zero-order valence-electron chi connectivity index (χ0n) is 9.84. The number of rotatable bonds is 8. The zero-order valence-corrected chi connectivity index (χ0v) is 9.84. The second kappa shape index (κ2) is 8.41. The van der Waals surface area contributed by atoms with Gasteiger partial charge in [0.05, 0.1) is 0 Å². The molecule has 0 aliphatic heterocycles. The van der Waals surface area contributed by atoms with Crippen LogP contribution in [0.4, 0.5) is 0 Å². The predicted molar refractivity (Wildman–Crippen MR) is 58.6 cm³/mol. The van der Waals surface area contributed by atoms with Crippen LogP contribution in [0.1, 0.15) is 33.6 Å². The highest BCUT2D eigenvalue weighted by molar-refractivity contribution is 5.80. The molecule has 0 rings (SSSR count). The molecule has 0 heterocycles. The van der Waals surface area contributed by atoms with Gasteiger partial charge < -0.3 is 10.1 Å². The molecule has 0 aliphatic rings. The van der Waals surface area contributed by atoms with Crippen LogP contribution in [0.2, 0.25) is 0 Å². The zero-order chi connectivity index (χ0) is 11.7. The lowest BCUT2D eigenvalue weighted by molar-refractivity contribution is -0.126. The Balaban J connectivity index is 3.45. The number of ether oxygens (including phenoxy) is 1. The minimum atomic E-state index is -0.154. The summed E-state index contributed by atoms with van der Waals surface area (Å²) in [6.07, 6.45) is 2.03. The summed E-state index contributed by atoms with van der Waals surface area (Å²) in [5.74, 6) is -0.189. The third kappa shape index (κ3) is 8.12. The number of amides is 1. The summed E-state index contributed by atoms with van der Waals surface area (Å²) in [6.45, 7) is 6.48. The second-order valence-corrected chi connectivity index (χ2v) is 3.72. The SMILES string of the molecule is CCCCOCC(=O)NC[C@H](C)C(C)=O. The molecule has 88 valence electrons. The van der Waals surface area contributed by atoms with Crippen LogP contribution in [0.25, 0.3) is 0 Å². The Morgan fingerprint density at radius 2 is 2.07 bits per heavy atom. The molecule has 0 aromatic heterocycles. The first-order valence-electron chi connectivity index (χ1n) is 5.42. The van der Waals surface area contributed by atoms with E-state index in [2.05, 4.69) is 12.2 Å². The summed E-state index contributed by atoms with van der Waals surface area (Å²) in [7, 11) is 0. The van der Waals surface area contributed by atoms with Crippen LogP contribution in [-0.4, -0.2) is 31.4 Å². The number of nitrogens with one attached hydrogen (secondary N) is 1. The van der Waals surface area contributed by atoms with Crippen molar-refractivity contribution in [2.75, 3.05) is 19.8 Å². The fraction of sp³-hybridized carbons (Fsp3) is 0.818. The van der Waals surface area contributed by atoms with E-state index in [4.69, 9.17) is 4.74 Å². The highest BCUT2D eigenvalue weighted by Gasteiger charge is 2.08. The molecule has 4 nitrogen and oxygen atoms in total. The number of Topliss-reactive ketones (excluding diaryl/α,β-unsaturated/α-hetero) is 1. The monoisotopic (exact) mass is 215 g/mol. The third-order valence-electron chi connectivity index (χ3n) is 2.17. The molecule has 0 saturated carbocycles. The molecule has 1 N–H and O–H groups in total.